The molecule has 12 aromatic rings. The van der Waals surface area contributed by atoms with Gasteiger partial charge in [0.25, 0.3) is 0 Å². The molecule has 73 heavy (non-hydrogen) atoms. The average Bonchev–Trinajstić information content (AvgIpc) is 4.12. The summed E-state index contributed by atoms with van der Waals surface area (Å²) in [4.78, 5) is 2.58. The molecule has 4 aliphatic carbocycles. The predicted octanol–water partition coefficient (Wildman–Crippen LogP) is 17.6. The maximum atomic E-state index is 2.58. The average molecular weight is 929 g/mol. The van der Waals surface area contributed by atoms with Crippen LogP contribution in [0.5, 0.6) is 0 Å². The van der Waals surface area contributed by atoms with Gasteiger partial charge in [-0.2, -0.15) is 0 Å². The molecular formula is C71H48N2. The monoisotopic (exact) mass is 928 g/mol. The Morgan fingerprint density at radius 2 is 0.740 bits per heavy atom. The Kier molecular flexibility index (Phi) is 8.12. The molecule has 16 rings (SSSR count). The van der Waals surface area contributed by atoms with Crippen LogP contribution in [0.2, 0.25) is 0 Å². The van der Waals surface area contributed by atoms with Crippen LogP contribution in [-0.4, -0.2) is 4.57 Å². The molecule has 0 bridgehead atoms. The fourth-order valence-corrected chi connectivity index (χ4v) is 14.7. The van der Waals surface area contributed by atoms with Gasteiger partial charge in [0.05, 0.1) is 27.6 Å². The summed E-state index contributed by atoms with van der Waals surface area (Å²) in [6.45, 7) is 4.78. The van der Waals surface area contributed by atoms with Crippen LogP contribution < -0.4 is 4.90 Å². The standard InChI is InChI=1S/C71H48N2/c1-69(2)55-28-11-6-23-48(55)51-41-39-47(44-64(51)69)72(46-40-42-66-54(43-46)52-26-10-19-37-65(52)73(66)45-21-4-3-5-22-45)67-38-20-36-63-68(67)53-27-9-14-31-58(53)71(63)61-34-17-15-32-59(61)70(60-33-16-18-35-62(60)71)56-29-12-7-24-49(56)50-25-8-13-30-57(50)70/h3-44H,1-2H3. The highest BCUT2D eigenvalue weighted by atomic mass is 15.1. The van der Waals surface area contributed by atoms with E-state index in [0.717, 1.165) is 22.7 Å². The Morgan fingerprint density at radius 1 is 0.301 bits per heavy atom. The van der Waals surface area contributed by atoms with Crippen LogP contribution >= 0.6 is 0 Å². The van der Waals surface area contributed by atoms with Crippen molar-refractivity contribution < 1.29 is 0 Å². The lowest BCUT2D eigenvalue weighted by molar-refractivity contribution is 0.633. The zero-order valence-corrected chi connectivity index (χ0v) is 40.6. The molecule has 0 saturated heterocycles. The van der Waals surface area contributed by atoms with Gasteiger partial charge in [0.2, 0.25) is 0 Å². The smallest absolute Gasteiger partial charge is 0.0720 e. The minimum absolute atomic E-state index is 0.182. The van der Waals surface area contributed by atoms with E-state index in [1.807, 2.05) is 0 Å². The molecule has 0 fully saturated rings. The molecule has 0 radical (unpaired) electrons. The topological polar surface area (TPSA) is 8.17 Å². The second-order valence-electron chi connectivity index (χ2n) is 21.1. The zero-order valence-electron chi connectivity index (χ0n) is 40.6. The third-order valence-electron chi connectivity index (χ3n) is 17.5. The van der Waals surface area contributed by atoms with Crippen molar-refractivity contribution in [1.82, 2.24) is 4.57 Å². The van der Waals surface area contributed by atoms with E-state index in [-0.39, 0.29) is 5.41 Å². The molecular weight excluding hydrogens is 881 g/mol. The fourth-order valence-electron chi connectivity index (χ4n) is 14.7. The summed E-state index contributed by atoms with van der Waals surface area (Å²) in [6.07, 6.45) is 0. The molecule has 342 valence electrons. The number of hydrogen-bond donors (Lipinski definition) is 0. The van der Waals surface area contributed by atoms with Crippen molar-refractivity contribution in [2.75, 3.05) is 4.90 Å². The Balaban J connectivity index is 0.998. The van der Waals surface area contributed by atoms with Gasteiger partial charge in [-0.05, 0) is 138 Å². The molecule has 1 heterocycles. The first-order chi connectivity index (χ1) is 36.0. The number of anilines is 3. The van der Waals surface area contributed by atoms with Crippen LogP contribution in [0.25, 0.3) is 60.9 Å². The fraction of sp³-hybridized carbons (Fsp3) is 0.0704. The van der Waals surface area contributed by atoms with Gasteiger partial charge in [-0.1, -0.05) is 214 Å². The lowest BCUT2D eigenvalue weighted by Gasteiger charge is -2.48. The second kappa shape index (κ2) is 14.6. The number of rotatable bonds is 4. The maximum absolute atomic E-state index is 2.58. The molecule has 0 aliphatic heterocycles. The van der Waals surface area contributed by atoms with Crippen molar-refractivity contribution in [2.24, 2.45) is 0 Å². The first-order valence-corrected chi connectivity index (χ1v) is 25.8. The third-order valence-corrected chi connectivity index (χ3v) is 17.5. The van der Waals surface area contributed by atoms with Gasteiger partial charge in [0.1, 0.15) is 0 Å². The molecule has 0 saturated carbocycles. The number of hydrogen-bond acceptors (Lipinski definition) is 1. The van der Waals surface area contributed by atoms with Crippen molar-refractivity contribution in [3.05, 3.63) is 310 Å². The van der Waals surface area contributed by atoms with Gasteiger partial charge in [0.15, 0.2) is 0 Å². The summed E-state index contributed by atoms with van der Waals surface area (Å²) < 4.78 is 2.42. The molecule has 2 heteroatoms. The summed E-state index contributed by atoms with van der Waals surface area (Å²) in [5, 5.41) is 2.45. The lowest BCUT2D eigenvalue weighted by atomic mass is 9.52. The van der Waals surface area contributed by atoms with Gasteiger partial charge < -0.3 is 9.47 Å². The minimum atomic E-state index is -0.618. The Bertz CT molecular complexity index is 4220. The molecule has 0 atom stereocenters. The quantitative estimate of drug-likeness (QED) is 0.171. The van der Waals surface area contributed by atoms with Crippen LogP contribution in [0.4, 0.5) is 17.1 Å². The molecule has 0 unspecified atom stereocenters. The molecule has 0 amide bonds. The van der Waals surface area contributed by atoms with Gasteiger partial charge in [-0.15, -0.1) is 0 Å². The van der Waals surface area contributed by atoms with Gasteiger partial charge in [-0.3, -0.25) is 0 Å². The van der Waals surface area contributed by atoms with Crippen molar-refractivity contribution in [3.8, 4) is 39.1 Å². The number of para-hydroxylation sites is 2. The highest BCUT2D eigenvalue weighted by Crippen LogP contribution is 2.68. The molecule has 4 aliphatic rings. The summed E-state index contributed by atoms with van der Waals surface area (Å²) in [5.74, 6) is 0. The summed E-state index contributed by atoms with van der Waals surface area (Å²) >= 11 is 0. The lowest BCUT2D eigenvalue weighted by Crippen LogP contribution is -2.43. The van der Waals surface area contributed by atoms with E-state index < -0.39 is 10.8 Å². The third kappa shape index (κ3) is 5.03. The van der Waals surface area contributed by atoms with E-state index in [0.29, 0.717) is 0 Å². The van der Waals surface area contributed by atoms with Crippen molar-refractivity contribution >= 4 is 38.9 Å². The van der Waals surface area contributed by atoms with Gasteiger partial charge in [0, 0.05) is 38.8 Å². The molecule has 2 nitrogen and oxygen atoms in total. The number of aromatic nitrogens is 1. The van der Waals surface area contributed by atoms with Crippen LogP contribution in [0.3, 0.4) is 0 Å². The van der Waals surface area contributed by atoms with E-state index in [4.69, 9.17) is 0 Å². The van der Waals surface area contributed by atoms with E-state index in [9.17, 15) is 0 Å². The van der Waals surface area contributed by atoms with Crippen LogP contribution in [0.1, 0.15) is 69.5 Å². The Labute approximate surface area is 425 Å². The molecule has 0 N–H and O–H groups in total. The number of benzene rings is 11. The number of fused-ring (bicyclic) bond motifs is 22. The summed E-state index contributed by atoms with van der Waals surface area (Å²) in [6, 6.07) is 96.7. The van der Waals surface area contributed by atoms with Gasteiger partial charge >= 0.3 is 0 Å². The van der Waals surface area contributed by atoms with Crippen LogP contribution in [-0.2, 0) is 16.2 Å². The number of nitrogens with zero attached hydrogens (tertiary/aromatic N) is 2. The minimum Gasteiger partial charge on any atom is -0.310 e. The van der Waals surface area contributed by atoms with Crippen molar-refractivity contribution in [1.29, 1.82) is 0 Å². The van der Waals surface area contributed by atoms with Crippen molar-refractivity contribution in [2.45, 2.75) is 30.1 Å². The highest BCUT2D eigenvalue weighted by Gasteiger charge is 2.59. The Hall–Kier alpha value is -8.98. The maximum Gasteiger partial charge on any atom is 0.0720 e. The Morgan fingerprint density at radius 3 is 1.38 bits per heavy atom. The van der Waals surface area contributed by atoms with E-state index >= 15 is 0 Å². The molecule has 1 aromatic heterocycles. The van der Waals surface area contributed by atoms with Crippen LogP contribution in [0, 0.1) is 0 Å². The van der Waals surface area contributed by atoms with E-state index in [1.165, 1.54) is 111 Å². The normalized spacial score (nSPS) is 15.0. The first kappa shape index (κ1) is 40.7. The molecule has 2 spiro atoms. The largest absolute Gasteiger partial charge is 0.310 e. The zero-order chi connectivity index (χ0) is 48.2. The van der Waals surface area contributed by atoms with Crippen molar-refractivity contribution in [3.63, 3.8) is 0 Å². The summed E-state index contributed by atoms with van der Waals surface area (Å²) in [5.41, 5.74) is 26.8. The molecule has 11 aromatic carbocycles. The van der Waals surface area contributed by atoms with E-state index in [1.54, 1.807) is 0 Å². The SMILES string of the molecule is CC1(C)c2ccccc2-c2ccc(N(c3ccc4c(c3)c3ccccc3n4-c3ccccc3)c3cccc4c3-c3ccccc3C43c4ccccc4C4(c5ccccc5-c5ccccc54)c4ccccc43)cc21. The predicted molar refractivity (Wildman–Crippen MR) is 301 cm³/mol. The van der Waals surface area contributed by atoms with Crippen LogP contribution in [0.15, 0.2) is 255 Å². The summed E-state index contributed by atoms with van der Waals surface area (Å²) in [7, 11) is 0. The highest BCUT2D eigenvalue weighted by molar-refractivity contribution is 6.11. The first-order valence-electron chi connectivity index (χ1n) is 25.8. The van der Waals surface area contributed by atoms with Gasteiger partial charge in [-0.25, -0.2) is 0 Å². The van der Waals surface area contributed by atoms with E-state index in [2.05, 4.69) is 278 Å². The second-order valence-corrected chi connectivity index (χ2v) is 21.1.